The van der Waals surface area contributed by atoms with Crippen molar-refractivity contribution in [2.24, 2.45) is 5.92 Å². The van der Waals surface area contributed by atoms with E-state index < -0.39 is 8.32 Å². The van der Waals surface area contributed by atoms with Gasteiger partial charge in [-0.15, -0.1) is 6.58 Å². The fourth-order valence-corrected chi connectivity index (χ4v) is 2.06. The van der Waals surface area contributed by atoms with Gasteiger partial charge in [0.25, 0.3) is 0 Å². The predicted octanol–water partition coefficient (Wildman–Crippen LogP) is 3.19. The van der Waals surface area contributed by atoms with Crippen LogP contribution >= 0.6 is 0 Å². The van der Waals surface area contributed by atoms with E-state index in [4.69, 9.17) is 9.53 Å². The van der Waals surface area contributed by atoms with Crippen molar-refractivity contribution in [3.63, 3.8) is 0 Å². The molecule has 0 aliphatic rings. The lowest BCUT2D eigenvalue weighted by atomic mass is 10.1. The fourth-order valence-electron chi connectivity index (χ4n) is 0.974. The third-order valence-electron chi connectivity index (χ3n) is 3.24. The first kappa shape index (κ1) is 14.9. The molecular weight excluding hydrogens is 204 g/mol. The summed E-state index contributed by atoms with van der Waals surface area (Å²) in [6.07, 6.45) is 2.67. The van der Waals surface area contributed by atoms with Crippen LogP contribution in [-0.4, -0.2) is 26.6 Å². The third-order valence-corrected chi connectivity index (χ3v) is 7.74. The fraction of sp³-hybridized carbons (Fsp3) is 0.833. The zero-order valence-corrected chi connectivity index (χ0v) is 11.8. The molecular formula is C12H26O2Si. The molecule has 0 spiro atoms. The highest BCUT2D eigenvalue weighted by Crippen LogP contribution is 2.36. The molecule has 0 rings (SSSR count). The Morgan fingerprint density at radius 1 is 1.40 bits per heavy atom. The summed E-state index contributed by atoms with van der Waals surface area (Å²) in [4.78, 5) is 0. The van der Waals surface area contributed by atoms with E-state index in [2.05, 4.69) is 40.4 Å². The van der Waals surface area contributed by atoms with Crippen LogP contribution in [0, 0.1) is 5.92 Å². The van der Waals surface area contributed by atoms with Gasteiger partial charge < -0.3 is 9.53 Å². The molecule has 0 amide bonds. The van der Waals surface area contributed by atoms with Gasteiger partial charge in [0.2, 0.25) is 0 Å². The normalized spacial score (nSPS) is 15.1. The van der Waals surface area contributed by atoms with Gasteiger partial charge in [-0.3, -0.25) is 0 Å². The van der Waals surface area contributed by atoms with Crippen molar-refractivity contribution >= 4 is 8.32 Å². The summed E-state index contributed by atoms with van der Waals surface area (Å²) in [5, 5.41) is 9.38. The molecule has 0 unspecified atom stereocenters. The summed E-state index contributed by atoms with van der Waals surface area (Å²) >= 11 is 0. The molecule has 0 fully saturated rings. The summed E-state index contributed by atoms with van der Waals surface area (Å²) in [5.74, 6) is 0.205. The second kappa shape index (κ2) is 5.82. The van der Waals surface area contributed by atoms with Crippen LogP contribution in [0.2, 0.25) is 18.1 Å². The maximum Gasteiger partial charge on any atom is 0.191 e. The van der Waals surface area contributed by atoms with E-state index in [0.717, 1.165) is 6.42 Å². The Morgan fingerprint density at radius 3 is 2.27 bits per heavy atom. The Labute approximate surface area is 95.5 Å². The lowest BCUT2D eigenvalue weighted by Crippen LogP contribution is -2.42. The average molecular weight is 230 g/mol. The van der Waals surface area contributed by atoms with Crippen molar-refractivity contribution in [3.8, 4) is 0 Å². The maximum absolute atomic E-state index is 9.14. The van der Waals surface area contributed by atoms with E-state index in [9.17, 15) is 0 Å². The number of aliphatic hydroxyl groups excluding tert-OH is 1. The molecule has 0 saturated heterocycles. The van der Waals surface area contributed by atoms with Crippen molar-refractivity contribution in [1.29, 1.82) is 0 Å². The van der Waals surface area contributed by atoms with Crippen LogP contribution in [0.4, 0.5) is 0 Å². The number of hydrogen-bond donors (Lipinski definition) is 1. The molecule has 90 valence electrons. The van der Waals surface area contributed by atoms with Crippen molar-refractivity contribution in [1.82, 2.24) is 0 Å². The molecule has 15 heavy (non-hydrogen) atoms. The highest BCUT2D eigenvalue weighted by Gasteiger charge is 2.37. The molecule has 0 aromatic carbocycles. The lowest BCUT2D eigenvalue weighted by Gasteiger charge is -2.37. The number of aliphatic hydroxyl groups is 1. The Kier molecular flexibility index (Phi) is 5.78. The number of allylic oxidation sites excluding steroid dienone is 1. The van der Waals surface area contributed by atoms with Crippen LogP contribution in [0.3, 0.4) is 0 Å². The second-order valence-electron chi connectivity index (χ2n) is 5.64. The maximum atomic E-state index is 9.14. The summed E-state index contributed by atoms with van der Waals surface area (Å²) in [6.45, 7) is 15.7. The van der Waals surface area contributed by atoms with Gasteiger partial charge >= 0.3 is 0 Å². The van der Waals surface area contributed by atoms with Gasteiger partial charge in [-0.25, -0.2) is 0 Å². The predicted molar refractivity (Wildman–Crippen MR) is 68.5 cm³/mol. The number of hydrogen-bond acceptors (Lipinski definition) is 2. The number of rotatable bonds is 6. The molecule has 0 heterocycles. The van der Waals surface area contributed by atoms with Gasteiger partial charge in [0.15, 0.2) is 8.32 Å². The molecule has 0 aromatic heterocycles. The summed E-state index contributed by atoms with van der Waals surface area (Å²) in [5.41, 5.74) is 0. The Morgan fingerprint density at radius 2 is 1.93 bits per heavy atom. The topological polar surface area (TPSA) is 29.5 Å². The van der Waals surface area contributed by atoms with Crippen LogP contribution in [0.25, 0.3) is 0 Å². The van der Waals surface area contributed by atoms with E-state index in [1.54, 1.807) is 0 Å². The Bertz CT molecular complexity index is 194. The second-order valence-corrected chi connectivity index (χ2v) is 10.5. The largest absolute Gasteiger partial charge is 0.416 e. The van der Waals surface area contributed by atoms with E-state index in [1.807, 2.05) is 6.08 Å². The Hall–Kier alpha value is -0.123. The molecule has 0 saturated carbocycles. The first-order chi connectivity index (χ1) is 6.74. The van der Waals surface area contributed by atoms with Crippen LogP contribution in [0.5, 0.6) is 0 Å². The smallest absolute Gasteiger partial charge is 0.191 e. The lowest BCUT2D eigenvalue weighted by molar-refractivity contribution is 0.155. The standard InChI is InChI=1S/C12H26O2Si/c1-7-8-11(9-13)10-14-15(5,6)12(2,3)4/h7,11,13H,1,8-10H2,2-6H3/t11-/m0/s1. The molecule has 0 radical (unpaired) electrons. The zero-order valence-electron chi connectivity index (χ0n) is 10.8. The molecule has 1 atom stereocenters. The van der Waals surface area contributed by atoms with Crippen molar-refractivity contribution < 1.29 is 9.53 Å². The van der Waals surface area contributed by atoms with E-state index in [1.165, 1.54) is 0 Å². The van der Waals surface area contributed by atoms with Crippen LogP contribution in [0.1, 0.15) is 27.2 Å². The molecule has 0 bridgehead atoms. The first-order valence-electron chi connectivity index (χ1n) is 5.60. The minimum atomic E-state index is -1.66. The van der Waals surface area contributed by atoms with E-state index in [0.29, 0.717) is 6.61 Å². The van der Waals surface area contributed by atoms with Crippen LogP contribution < -0.4 is 0 Å². The molecule has 0 aromatic rings. The SMILES string of the molecule is C=CC[C@@H](CO)CO[Si](C)(C)C(C)(C)C. The van der Waals surface area contributed by atoms with Gasteiger partial charge in [0.05, 0.1) is 0 Å². The van der Waals surface area contributed by atoms with Gasteiger partial charge in [-0.05, 0) is 24.6 Å². The van der Waals surface area contributed by atoms with Gasteiger partial charge in [-0.1, -0.05) is 26.8 Å². The van der Waals surface area contributed by atoms with Gasteiger partial charge in [-0.2, -0.15) is 0 Å². The monoisotopic (exact) mass is 230 g/mol. The zero-order chi connectivity index (χ0) is 12.1. The average Bonchev–Trinajstić information content (AvgIpc) is 2.10. The summed E-state index contributed by atoms with van der Waals surface area (Å²) < 4.78 is 6.03. The van der Waals surface area contributed by atoms with Crippen LogP contribution in [0.15, 0.2) is 12.7 Å². The van der Waals surface area contributed by atoms with E-state index in [-0.39, 0.29) is 17.6 Å². The Balaban J connectivity index is 4.18. The van der Waals surface area contributed by atoms with Crippen molar-refractivity contribution in [2.45, 2.75) is 45.3 Å². The molecule has 3 heteroatoms. The van der Waals surface area contributed by atoms with Crippen molar-refractivity contribution in [3.05, 3.63) is 12.7 Å². The molecule has 2 nitrogen and oxygen atoms in total. The quantitative estimate of drug-likeness (QED) is 0.561. The summed E-state index contributed by atoms with van der Waals surface area (Å²) in [6, 6.07) is 0. The van der Waals surface area contributed by atoms with Gasteiger partial charge in [0, 0.05) is 19.1 Å². The third kappa shape index (κ3) is 4.95. The van der Waals surface area contributed by atoms with Gasteiger partial charge in [0.1, 0.15) is 0 Å². The van der Waals surface area contributed by atoms with Crippen LogP contribution in [-0.2, 0) is 4.43 Å². The molecule has 0 aliphatic heterocycles. The molecule has 0 aliphatic carbocycles. The van der Waals surface area contributed by atoms with E-state index >= 15 is 0 Å². The minimum absolute atomic E-state index is 0.181. The first-order valence-corrected chi connectivity index (χ1v) is 8.51. The minimum Gasteiger partial charge on any atom is -0.416 e. The highest BCUT2D eigenvalue weighted by atomic mass is 28.4. The van der Waals surface area contributed by atoms with Crippen molar-refractivity contribution in [2.75, 3.05) is 13.2 Å². The molecule has 1 N–H and O–H groups in total. The summed E-state index contributed by atoms with van der Waals surface area (Å²) in [7, 11) is -1.66. The highest BCUT2D eigenvalue weighted by molar-refractivity contribution is 6.74.